The van der Waals surface area contributed by atoms with Crippen molar-refractivity contribution in [3.05, 3.63) is 144 Å². The summed E-state index contributed by atoms with van der Waals surface area (Å²) in [6.07, 6.45) is 1.84. The highest BCUT2D eigenvalue weighted by molar-refractivity contribution is 7.80. The smallest absolute Gasteiger partial charge is 0.0296 e. The van der Waals surface area contributed by atoms with Gasteiger partial charge in [0.1, 0.15) is 0 Å². The average molecular weight is 511 g/mol. The lowest BCUT2D eigenvalue weighted by atomic mass is 9.69. The van der Waals surface area contributed by atoms with Crippen LogP contribution >= 0.6 is 25.3 Å². The van der Waals surface area contributed by atoms with Crippen molar-refractivity contribution in [2.75, 3.05) is 0 Å². The number of rotatable bonds is 4. The van der Waals surface area contributed by atoms with Crippen LogP contribution in [0.3, 0.4) is 0 Å². The lowest BCUT2D eigenvalue weighted by Crippen LogP contribution is -2.31. The summed E-state index contributed by atoms with van der Waals surface area (Å²) in [5.41, 5.74) is 8.10. The van der Waals surface area contributed by atoms with E-state index < -0.39 is 0 Å². The molecule has 0 atom stereocenters. The van der Waals surface area contributed by atoms with Gasteiger partial charge in [-0.3, -0.25) is 0 Å². The topological polar surface area (TPSA) is 0 Å². The van der Waals surface area contributed by atoms with E-state index in [9.17, 15) is 0 Å². The Kier molecular flexibility index (Phi) is 5.42. The molecule has 0 fully saturated rings. The predicted molar refractivity (Wildman–Crippen MR) is 162 cm³/mol. The number of thiol groups is 2. The molecular formula is C35H26S2. The van der Waals surface area contributed by atoms with Gasteiger partial charge < -0.3 is 0 Å². The van der Waals surface area contributed by atoms with Crippen LogP contribution in [0.15, 0.2) is 131 Å². The largest absolute Gasteiger partial charge is 0.143 e. The van der Waals surface area contributed by atoms with E-state index in [2.05, 4.69) is 147 Å². The molecule has 0 saturated heterocycles. The minimum Gasteiger partial charge on any atom is -0.143 e. The van der Waals surface area contributed by atoms with Crippen molar-refractivity contribution in [2.24, 2.45) is 0 Å². The van der Waals surface area contributed by atoms with E-state index in [1.54, 1.807) is 0 Å². The number of hydrogen-bond acceptors (Lipinski definition) is 2. The molecule has 6 aromatic rings. The molecule has 0 bridgehead atoms. The van der Waals surface area contributed by atoms with Crippen LogP contribution in [0.5, 0.6) is 0 Å². The number of hydrogen-bond donors (Lipinski definition) is 2. The van der Waals surface area contributed by atoms with Crippen molar-refractivity contribution in [1.82, 2.24) is 0 Å². The summed E-state index contributed by atoms with van der Waals surface area (Å²) in [6.45, 7) is 0. The SMILES string of the molecule is Sc1ccc2c(CC3(Cc4cccc5cc(S)ccc45)c4ccccc4-c4ccccc43)cccc2c1. The zero-order valence-electron chi connectivity index (χ0n) is 20.4. The molecular weight excluding hydrogens is 485 g/mol. The first-order chi connectivity index (χ1) is 18.1. The van der Waals surface area contributed by atoms with E-state index in [4.69, 9.17) is 0 Å². The van der Waals surface area contributed by atoms with Crippen LogP contribution in [-0.4, -0.2) is 0 Å². The number of fused-ring (bicyclic) bond motifs is 5. The highest BCUT2D eigenvalue weighted by atomic mass is 32.1. The minimum absolute atomic E-state index is 0.185. The van der Waals surface area contributed by atoms with E-state index in [0.29, 0.717) is 0 Å². The van der Waals surface area contributed by atoms with Gasteiger partial charge in [0.25, 0.3) is 0 Å². The first-order valence-corrected chi connectivity index (χ1v) is 13.6. The van der Waals surface area contributed by atoms with Crippen molar-refractivity contribution < 1.29 is 0 Å². The molecule has 0 aromatic heterocycles. The summed E-state index contributed by atoms with van der Waals surface area (Å²) in [6, 6.07) is 44.5. The molecule has 0 amide bonds. The van der Waals surface area contributed by atoms with Crippen molar-refractivity contribution in [1.29, 1.82) is 0 Å². The van der Waals surface area contributed by atoms with Gasteiger partial charge in [0.2, 0.25) is 0 Å². The van der Waals surface area contributed by atoms with Gasteiger partial charge in [0.15, 0.2) is 0 Å². The average Bonchev–Trinajstić information content (AvgIpc) is 3.18. The molecule has 0 aliphatic heterocycles. The maximum Gasteiger partial charge on any atom is 0.0296 e. The van der Waals surface area contributed by atoms with E-state index >= 15 is 0 Å². The van der Waals surface area contributed by atoms with Crippen molar-refractivity contribution in [3.8, 4) is 11.1 Å². The molecule has 1 aliphatic rings. The van der Waals surface area contributed by atoms with Gasteiger partial charge in [-0.15, -0.1) is 25.3 Å². The molecule has 2 heteroatoms. The maximum absolute atomic E-state index is 4.60. The van der Waals surface area contributed by atoms with Gasteiger partial charge in [-0.05, 0) is 92.0 Å². The Morgan fingerprint density at radius 2 is 0.919 bits per heavy atom. The zero-order chi connectivity index (χ0) is 25.0. The van der Waals surface area contributed by atoms with E-state index in [0.717, 1.165) is 22.6 Å². The second-order valence-corrected chi connectivity index (χ2v) is 11.2. The quantitative estimate of drug-likeness (QED) is 0.217. The van der Waals surface area contributed by atoms with E-state index in [1.165, 1.54) is 54.9 Å². The van der Waals surface area contributed by atoms with Crippen LogP contribution in [0.2, 0.25) is 0 Å². The Morgan fingerprint density at radius 1 is 0.459 bits per heavy atom. The van der Waals surface area contributed by atoms with Gasteiger partial charge in [0.05, 0.1) is 0 Å². The van der Waals surface area contributed by atoms with Crippen LogP contribution in [-0.2, 0) is 18.3 Å². The summed E-state index contributed by atoms with van der Waals surface area (Å²) in [5, 5.41) is 5.09. The van der Waals surface area contributed by atoms with Crippen molar-refractivity contribution >= 4 is 46.8 Å². The first-order valence-electron chi connectivity index (χ1n) is 12.7. The molecule has 178 valence electrons. The third kappa shape index (κ3) is 3.70. The van der Waals surface area contributed by atoms with Crippen molar-refractivity contribution in [3.63, 3.8) is 0 Å². The van der Waals surface area contributed by atoms with Gasteiger partial charge in [-0.25, -0.2) is 0 Å². The standard InChI is InChI=1S/C35H26S2/c36-27-15-17-29-23(19-27)7-5-9-25(29)21-35(22-26-10-6-8-24-20-28(37)16-18-30(24)26)33-13-3-1-11-31(33)32-12-2-4-14-34(32)35/h1-20,36-37H,21-22H2. The molecule has 7 rings (SSSR count). The fourth-order valence-electron chi connectivity index (χ4n) is 6.49. The summed E-state index contributed by atoms with van der Waals surface area (Å²) in [7, 11) is 0. The van der Waals surface area contributed by atoms with Gasteiger partial charge in [-0.2, -0.15) is 0 Å². The third-order valence-electron chi connectivity index (χ3n) is 8.07. The Morgan fingerprint density at radius 3 is 1.41 bits per heavy atom. The van der Waals surface area contributed by atoms with Gasteiger partial charge in [-0.1, -0.05) is 97.1 Å². The Hall–Kier alpha value is -3.46. The highest BCUT2D eigenvalue weighted by Crippen LogP contribution is 2.53. The van der Waals surface area contributed by atoms with Gasteiger partial charge in [0, 0.05) is 15.2 Å². The number of benzene rings is 6. The summed E-state index contributed by atoms with van der Waals surface area (Å²) in [5.74, 6) is 0. The molecule has 0 spiro atoms. The van der Waals surface area contributed by atoms with E-state index in [1.807, 2.05) is 0 Å². The Labute approximate surface area is 228 Å². The normalized spacial score (nSPS) is 13.6. The van der Waals surface area contributed by atoms with Crippen LogP contribution in [0, 0.1) is 0 Å². The zero-order valence-corrected chi connectivity index (χ0v) is 22.1. The molecule has 0 nitrogen and oxygen atoms in total. The molecule has 0 unspecified atom stereocenters. The third-order valence-corrected chi connectivity index (χ3v) is 8.62. The highest BCUT2D eigenvalue weighted by Gasteiger charge is 2.43. The minimum atomic E-state index is -0.185. The lowest BCUT2D eigenvalue weighted by molar-refractivity contribution is 0.523. The fourth-order valence-corrected chi connectivity index (χ4v) is 6.92. The lowest BCUT2D eigenvalue weighted by Gasteiger charge is -2.34. The summed E-state index contributed by atoms with van der Waals surface area (Å²) < 4.78 is 0. The Balaban J connectivity index is 1.50. The van der Waals surface area contributed by atoms with Crippen LogP contribution in [0.1, 0.15) is 22.3 Å². The molecule has 0 N–H and O–H groups in total. The van der Waals surface area contributed by atoms with Crippen LogP contribution in [0.4, 0.5) is 0 Å². The fraction of sp³-hybridized carbons (Fsp3) is 0.0857. The predicted octanol–water partition coefficient (Wildman–Crippen LogP) is 9.32. The monoisotopic (exact) mass is 510 g/mol. The first kappa shape index (κ1) is 22.7. The Bertz CT molecular complexity index is 1680. The summed E-state index contributed by atoms with van der Waals surface area (Å²) >= 11 is 9.21. The summed E-state index contributed by atoms with van der Waals surface area (Å²) in [4.78, 5) is 1.99. The van der Waals surface area contributed by atoms with Crippen molar-refractivity contribution in [2.45, 2.75) is 28.0 Å². The van der Waals surface area contributed by atoms with Crippen LogP contribution < -0.4 is 0 Å². The molecule has 6 aromatic carbocycles. The van der Waals surface area contributed by atoms with E-state index in [-0.39, 0.29) is 5.41 Å². The second kappa shape index (κ2) is 8.83. The van der Waals surface area contributed by atoms with Gasteiger partial charge >= 0.3 is 0 Å². The molecule has 1 aliphatic carbocycles. The second-order valence-electron chi connectivity index (χ2n) is 10.2. The molecule has 0 radical (unpaired) electrons. The molecule has 37 heavy (non-hydrogen) atoms. The van der Waals surface area contributed by atoms with Crippen LogP contribution in [0.25, 0.3) is 32.7 Å². The molecule has 0 heterocycles. The maximum atomic E-state index is 4.60. The molecule has 0 saturated carbocycles.